The van der Waals surface area contributed by atoms with Crippen LogP contribution in [0.2, 0.25) is 5.02 Å². The summed E-state index contributed by atoms with van der Waals surface area (Å²) in [6.07, 6.45) is 3.48. The molecule has 1 unspecified atom stereocenters. The highest BCUT2D eigenvalue weighted by molar-refractivity contribution is 6.31. The molecule has 5 heteroatoms. The van der Waals surface area contributed by atoms with Crippen LogP contribution in [0.1, 0.15) is 29.6 Å². The molecule has 2 N–H and O–H groups in total. The molecule has 0 bridgehead atoms. The Morgan fingerprint density at radius 1 is 1.20 bits per heavy atom. The molecule has 2 heterocycles. The first-order chi connectivity index (χ1) is 9.63. The van der Waals surface area contributed by atoms with E-state index in [4.69, 9.17) is 17.3 Å². The van der Waals surface area contributed by atoms with Gasteiger partial charge in [-0.05, 0) is 44.0 Å². The lowest BCUT2D eigenvalue weighted by Gasteiger charge is -2.25. The van der Waals surface area contributed by atoms with Gasteiger partial charge in [-0.3, -0.25) is 9.69 Å². The molecular formula is C15H20ClN3O. The van der Waals surface area contributed by atoms with E-state index in [0.717, 1.165) is 26.1 Å². The van der Waals surface area contributed by atoms with Gasteiger partial charge in [0.25, 0.3) is 5.91 Å². The minimum atomic E-state index is 0.0490. The lowest BCUT2D eigenvalue weighted by atomic mass is 10.1. The fraction of sp³-hybridized carbons (Fsp3) is 0.533. The molecule has 3 rings (SSSR count). The van der Waals surface area contributed by atoms with Crippen LogP contribution in [0.25, 0.3) is 0 Å². The molecule has 20 heavy (non-hydrogen) atoms. The highest BCUT2D eigenvalue weighted by Gasteiger charge is 2.30. The number of halogens is 1. The second-order valence-electron chi connectivity index (χ2n) is 5.71. The average Bonchev–Trinajstić information content (AvgIpc) is 2.74. The van der Waals surface area contributed by atoms with Gasteiger partial charge in [-0.2, -0.15) is 0 Å². The third-order valence-electron chi connectivity index (χ3n) is 4.26. The SMILES string of the molecule is Nc1cc(Cl)cc(C(=O)N2CCCN3CCCC3C2)c1. The summed E-state index contributed by atoms with van der Waals surface area (Å²) in [5, 5.41) is 0.519. The van der Waals surface area contributed by atoms with Gasteiger partial charge in [0.1, 0.15) is 0 Å². The summed E-state index contributed by atoms with van der Waals surface area (Å²) in [7, 11) is 0. The normalized spacial score (nSPS) is 23.4. The Hall–Kier alpha value is -1.26. The fourth-order valence-corrected chi connectivity index (χ4v) is 3.55. The molecule has 2 saturated heterocycles. The number of nitrogen functional groups attached to an aromatic ring is 1. The monoisotopic (exact) mass is 293 g/mol. The summed E-state index contributed by atoms with van der Waals surface area (Å²) >= 11 is 6.00. The molecular weight excluding hydrogens is 274 g/mol. The summed E-state index contributed by atoms with van der Waals surface area (Å²) in [5.41, 5.74) is 6.92. The number of nitrogens with zero attached hydrogens (tertiary/aromatic N) is 2. The highest BCUT2D eigenvalue weighted by Crippen LogP contribution is 2.23. The second kappa shape index (κ2) is 5.62. The Labute approximate surface area is 124 Å². The van der Waals surface area contributed by atoms with Gasteiger partial charge in [-0.1, -0.05) is 11.6 Å². The van der Waals surface area contributed by atoms with Crippen LogP contribution in [0.5, 0.6) is 0 Å². The van der Waals surface area contributed by atoms with Crippen LogP contribution in [0, 0.1) is 0 Å². The maximum absolute atomic E-state index is 12.6. The number of hydrogen-bond acceptors (Lipinski definition) is 3. The number of anilines is 1. The van der Waals surface area contributed by atoms with Gasteiger partial charge < -0.3 is 10.6 Å². The number of hydrogen-bond donors (Lipinski definition) is 1. The molecule has 0 aliphatic carbocycles. The van der Waals surface area contributed by atoms with E-state index in [9.17, 15) is 4.79 Å². The maximum Gasteiger partial charge on any atom is 0.254 e. The summed E-state index contributed by atoms with van der Waals surface area (Å²) in [6.45, 7) is 3.92. The largest absolute Gasteiger partial charge is 0.399 e. The zero-order chi connectivity index (χ0) is 14.1. The van der Waals surface area contributed by atoms with Gasteiger partial charge in [0.15, 0.2) is 0 Å². The van der Waals surface area contributed by atoms with E-state index in [1.807, 2.05) is 4.90 Å². The van der Waals surface area contributed by atoms with Crippen LogP contribution in [0.15, 0.2) is 18.2 Å². The van der Waals surface area contributed by atoms with E-state index in [0.29, 0.717) is 22.3 Å². The van der Waals surface area contributed by atoms with Crippen LogP contribution >= 0.6 is 11.6 Å². The molecule has 1 atom stereocenters. The number of carbonyl (C=O) groups excluding carboxylic acids is 1. The van der Waals surface area contributed by atoms with E-state index in [-0.39, 0.29) is 5.91 Å². The van der Waals surface area contributed by atoms with Crippen molar-refractivity contribution >= 4 is 23.2 Å². The Balaban J connectivity index is 1.78. The molecule has 1 amide bonds. The first kappa shape index (κ1) is 13.7. The van der Waals surface area contributed by atoms with Crippen molar-refractivity contribution in [3.8, 4) is 0 Å². The zero-order valence-corrected chi connectivity index (χ0v) is 12.3. The van der Waals surface area contributed by atoms with Gasteiger partial charge in [-0.25, -0.2) is 0 Å². The third kappa shape index (κ3) is 2.76. The number of benzene rings is 1. The van der Waals surface area contributed by atoms with Crippen LogP contribution < -0.4 is 5.73 Å². The van der Waals surface area contributed by atoms with Crippen molar-refractivity contribution in [3.63, 3.8) is 0 Å². The first-order valence-electron chi connectivity index (χ1n) is 7.23. The molecule has 2 fully saturated rings. The van der Waals surface area contributed by atoms with Crippen molar-refractivity contribution in [1.82, 2.24) is 9.80 Å². The van der Waals surface area contributed by atoms with Crippen molar-refractivity contribution in [2.45, 2.75) is 25.3 Å². The van der Waals surface area contributed by atoms with E-state index in [1.165, 1.54) is 19.4 Å². The number of carbonyl (C=O) groups is 1. The summed E-state index contributed by atoms with van der Waals surface area (Å²) in [5.74, 6) is 0.0490. The van der Waals surface area contributed by atoms with Gasteiger partial charge in [-0.15, -0.1) is 0 Å². The van der Waals surface area contributed by atoms with Crippen LogP contribution in [-0.2, 0) is 0 Å². The maximum atomic E-state index is 12.6. The Morgan fingerprint density at radius 3 is 2.80 bits per heavy atom. The molecule has 2 aliphatic rings. The summed E-state index contributed by atoms with van der Waals surface area (Å²) in [4.78, 5) is 17.1. The van der Waals surface area contributed by atoms with Crippen molar-refractivity contribution in [2.24, 2.45) is 0 Å². The summed E-state index contributed by atoms with van der Waals surface area (Å²) in [6, 6.07) is 5.61. The minimum absolute atomic E-state index is 0.0490. The van der Waals surface area contributed by atoms with Crippen molar-refractivity contribution in [3.05, 3.63) is 28.8 Å². The van der Waals surface area contributed by atoms with Gasteiger partial charge in [0.2, 0.25) is 0 Å². The fourth-order valence-electron chi connectivity index (χ4n) is 3.31. The number of amides is 1. The van der Waals surface area contributed by atoms with E-state index in [1.54, 1.807) is 18.2 Å². The average molecular weight is 294 g/mol. The van der Waals surface area contributed by atoms with E-state index in [2.05, 4.69) is 4.90 Å². The predicted molar refractivity (Wildman–Crippen MR) is 81.0 cm³/mol. The van der Waals surface area contributed by atoms with Gasteiger partial charge in [0, 0.05) is 41.9 Å². The van der Waals surface area contributed by atoms with Gasteiger partial charge >= 0.3 is 0 Å². The molecule has 1 aromatic carbocycles. The molecule has 0 aromatic heterocycles. The third-order valence-corrected chi connectivity index (χ3v) is 4.48. The standard InChI is InChI=1S/C15H20ClN3O/c16-12-7-11(8-13(17)9-12)15(20)19-6-2-5-18-4-1-3-14(18)10-19/h7-9,14H,1-6,10,17H2. The molecule has 2 aliphatic heterocycles. The number of rotatable bonds is 1. The smallest absolute Gasteiger partial charge is 0.254 e. The molecule has 0 radical (unpaired) electrons. The van der Waals surface area contributed by atoms with Crippen LogP contribution in [0.3, 0.4) is 0 Å². The zero-order valence-electron chi connectivity index (χ0n) is 11.5. The Kier molecular flexibility index (Phi) is 3.85. The van der Waals surface area contributed by atoms with Crippen LogP contribution in [-0.4, -0.2) is 47.9 Å². The molecule has 108 valence electrons. The Bertz CT molecular complexity index is 500. The molecule has 0 spiro atoms. The second-order valence-corrected chi connectivity index (χ2v) is 6.15. The van der Waals surface area contributed by atoms with Crippen LogP contribution in [0.4, 0.5) is 5.69 Å². The van der Waals surface area contributed by atoms with Crippen molar-refractivity contribution in [1.29, 1.82) is 0 Å². The summed E-state index contributed by atoms with van der Waals surface area (Å²) < 4.78 is 0. The minimum Gasteiger partial charge on any atom is -0.399 e. The number of fused-ring (bicyclic) bond motifs is 1. The quantitative estimate of drug-likeness (QED) is 0.808. The first-order valence-corrected chi connectivity index (χ1v) is 7.61. The van der Waals surface area contributed by atoms with E-state index < -0.39 is 0 Å². The highest BCUT2D eigenvalue weighted by atomic mass is 35.5. The lowest BCUT2D eigenvalue weighted by Crippen LogP contribution is -2.39. The van der Waals surface area contributed by atoms with Gasteiger partial charge in [0.05, 0.1) is 0 Å². The van der Waals surface area contributed by atoms with Crippen molar-refractivity contribution in [2.75, 3.05) is 31.9 Å². The Morgan fingerprint density at radius 2 is 2.00 bits per heavy atom. The molecule has 4 nitrogen and oxygen atoms in total. The molecule has 1 aromatic rings. The number of nitrogens with two attached hydrogens (primary N) is 1. The lowest BCUT2D eigenvalue weighted by molar-refractivity contribution is 0.0743. The predicted octanol–water partition coefficient (Wildman–Crippen LogP) is 2.23. The van der Waals surface area contributed by atoms with E-state index >= 15 is 0 Å². The van der Waals surface area contributed by atoms with Crippen molar-refractivity contribution < 1.29 is 4.79 Å². The molecule has 0 saturated carbocycles. The topological polar surface area (TPSA) is 49.6 Å².